The summed E-state index contributed by atoms with van der Waals surface area (Å²) in [4.78, 5) is 4.51. The molecule has 0 saturated carbocycles. The van der Waals surface area contributed by atoms with Crippen molar-refractivity contribution >= 4 is 11.8 Å². The molecule has 0 aliphatic carbocycles. The molecule has 0 saturated heterocycles. The van der Waals surface area contributed by atoms with Gasteiger partial charge in [0.15, 0.2) is 5.82 Å². The highest BCUT2D eigenvalue weighted by Gasteiger charge is 2.16. The van der Waals surface area contributed by atoms with Gasteiger partial charge in [0.05, 0.1) is 5.75 Å². The minimum atomic E-state index is 0.207. The summed E-state index contributed by atoms with van der Waals surface area (Å²) in [6, 6.07) is 6.42. The first kappa shape index (κ1) is 14.6. The highest BCUT2D eigenvalue weighted by Crippen LogP contribution is 2.28. The molecule has 0 fully saturated rings. The Morgan fingerprint density at radius 3 is 2.95 bits per heavy atom. The number of fused-ring (bicyclic) bond motifs is 1. The summed E-state index contributed by atoms with van der Waals surface area (Å²) in [6.45, 7) is 8.55. The van der Waals surface area contributed by atoms with E-state index in [-0.39, 0.29) is 4.75 Å². The van der Waals surface area contributed by atoms with Crippen LogP contribution in [-0.4, -0.2) is 21.4 Å². The van der Waals surface area contributed by atoms with Gasteiger partial charge < -0.3 is 9.84 Å². The smallest absolute Gasteiger partial charge is 0.257 e. The number of aromatic nitrogens is 2. The third kappa shape index (κ3) is 3.66. The summed E-state index contributed by atoms with van der Waals surface area (Å²) in [6.07, 6.45) is 1.09. The summed E-state index contributed by atoms with van der Waals surface area (Å²) in [5, 5.41) is 7.48. The number of thioether (sulfide) groups is 1. The van der Waals surface area contributed by atoms with Crippen LogP contribution in [0.1, 0.15) is 37.7 Å². The zero-order valence-electron chi connectivity index (χ0n) is 12.8. The molecule has 1 aliphatic rings. The fraction of sp³-hybridized carbons (Fsp3) is 0.500. The van der Waals surface area contributed by atoms with Gasteiger partial charge in [0.2, 0.25) is 0 Å². The van der Waals surface area contributed by atoms with Crippen LogP contribution in [0.3, 0.4) is 0 Å². The molecule has 1 aromatic heterocycles. The monoisotopic (exact) mass is 303 g/mol. The summed E-state index contributed by atoms with van der Waals surface area (Å²) >= 11 is 1.82. The van der Waals surface area contributed by atoms with Crippen molar-refractivity contribution in [1.82, 2.24) is 15.5 Å². The fourth-order valence-corrected chi connectivity index (χ4v) is 3.00. The average Bonchev–Trinajstić information content (AvgIpc) is 2.93. The van der Waals surface area contributed by atoms with Crippen LogP contribution in [0, 0.1) is 0 Å². The molecule has 0 spiro atoms. The zero-order chi connectivity index (χ0) is 14.9. The molecule has 2 heterocycles. The quantitative estimate of drug-likeness (QED) is 0.941. The first-order valence-corrected chi connectivity index (χ1v) is 8.29. The lowest BCUT2D eigenvalue weighted by molar-refractivity contribution is 0.425. The lowest BCUT2D eigenvalue weighted by Gasteiger charge is -2.17. The Hall–Kier alpha value is -1.33. The van der Waals surface area contributed by atoms with Crippen LogP contribution in [0.25, 0.3) is 11.5 Å². The lowest BCUT2D eigenvalue weighted by Crippen LogP contribution is -2.23. The highest BCUT2D eigenvalue weighted by atomic mass is 32.2. The lowest BCUT2D eigenvalue weighted by atomic mass is 9.98. The third-order valence-electron chi connectivity index (χ3n) is 3.44. The normalized spacial score (nSPS) is 15.0. The second-order valence-electron chi connectivity index (χ2n) is 6.33. The van der Waals surface area contributed by atoms with Crippen molar-refractivity contribution in [2.24, 2.45) is 0 Å². The van der Waals surface area contributed by atoms with Crippen molar-refractivity contribution in [2.45, 2.75) is 44.2 Å². The molecule has 21 heavy (non-hydrogen) atoms. The van der Waals surface area contributed by atoms with Gasteiger partial charge in [0.1, 0.15) is 0 Å². The maximum atomic E-state index is 5.41. The maximum absolute atomic E-state index is 5.41. The number of benzene rings is 1. The van der Waals surface area contributed by atoms with E-state index in [9.17, 15) is 0 Å². The summed E-state index contributed by atoms with van der Waals surface area (Å²) < 4.78 is 5.62. The van der Waals surface area contributed by atoms with Gasteiger partial charge in [-0.25, -0.2) is 0 Å². The van der Waals surface area contributed by atoms with Gasteiger partial charge in [-0.15, -0.1) is 11.8 Å². The summed E-state index contributed by atoms with van der Waals surface area (Å²) in [5.74, 6) is 2.16. The van der Waals surface area contributed by atoms with E-state index in [1.165, 1.54) is 11.1 Å². The summed E-state index contributed by atoms with van der Waals surface area (Å²) in [7, 11) is 0. The SMILES string of the molecule is CC(C)(C)SCc1noc(-c2ccc3c(c2)CNCC3)n1. The van der Waals surface area contributed by atoms with Gasteiger partial charge in [0.25, 0.3) is 5.89 Å². The molecule has 1 N–H and O–H groups in total. The largest absolute Gasteiger partial charge is 0.334 e. The highest BCUT2D eigenvalue weighted by molar-refractivity contribution is 7.99. The van der Waals surface area contributed by atoms with Crippen LogP contribution < -0.4 is 5.32 Å². The molecule has 1 aromatic carbocycles. The number of nitrogens with one attached hydrogen (secondary N) is 1. The molecule has 0 atom stereocenters. The molecular weight excluding hydrogens is 282 g/mol. The molecule has 5 heteroatoms. The van der Waals surface area contributed by atoms with Crippen LogP contribution in [-0.2, 0) is 18.7 Å². The zero-order valence-corrected chi connectivity index (χ0v) is 13.6. The Balaban J connectivity index is 1.77. The Morgan fingerprint density at radius 1 is 1.29 bits per heavy atom. The van der Waals surface area contributed by atoms with E-state index in [1.807, 2.05) is 11.8 Å². The van der Waals surface area contributed by atoms with Crippen LogP contribution in [0.5, 0.6) is 0 Å². The van der Waals surface area contributed by atoms with E-state index in [0.717, 1.165) is 36.7 Å². The van der Waals surface area contributed by atoms with Crippen molar-refractivity contribution in [1.29, 1.82) is 0 Å². The minimum absolute atomic E-state index is 0.207. The van der Waals surface area contributed by atoms with Crippen LogP contribution in [0.15, 0.2) is 22.7 Å². The molecule has 112 valence electrons. The maximum Gasteiger partial charge on any atom is 0.257 e. The van der Waals surface area contributed by atoms with Crippen molar-refractivity contribution in [2.75, 3.05) is 6.54 Å². The number of nitrogens with zero attached hydrogens (tertiary/aromatic N) is 2. The van der Waals surface area contributed by atoms with E-state index in [2.05, 4.69) is 54.4 Å². The molecule has 4 nitrogen and oxygen atoms in total. The van der Waals surface area contributed by atoms with Gasteiger partial charge in [-0.05, 0) is 36.2 Å². The first-order chi connectivity index (χ1) is 10.0. The van der Waals surface area contributed by atoms with Gasteiger partial charge >= 0.3 is 0 Å². The minimum Gasteiger partial charge on any atom is -0.334 e. The fourth-order valence-electron chi connectivity index (χ4n) is 2.32. The van der Waals surface area contributed by atoms with Crippen LogP contribution in [0.4, 0.5) is 0 Å². The van der Waals surface area contributed by atoms with E-state index in [4.69, 9.17) is 4.52 Å². The molecule has 0 amide bonds. The number of hydrogen-bond donors (Lipinski definition) is 1. The van der Waals surface area contributed by atoms with Gasteiger partial charge in [-0.3, -0.25) is 0 Å². The molecule has 0 radical (unpaired) electrons. The number of rotatable bonds is 3. The molecule has 2 aromatic rings. The second kappa shape index (κ2) is 5.81. The van der Waals surface area contributed by atoms with E-state index in [1.54, 1.807) is 0 Å². The molecule has 1 aliphatic heterocycles. The van der Waals surface area contributed by atoms with E-state index >= 15 is 0 Å². The predicted molar refractivity (Wildman–Crippen MR) is 86.2 cm³/mol. The van der Waals surface area contributed by atoms with Gasteiger partial charge in [0, 0.05) is 16.9 Å². The standard InChI is InChI=1S/C16H21N3OS/c1-16(2,3)21-10-14-18-15(20-19-14)12-5-4-11-6-7-17-9-13(11)8-12/h4-5,8,17H,6-7,9-10H2,1-3H3. The molecule has 0 unspecified atom stereocenters. The first-order valence-electron chi connectivity index (χ1n) is 7.31. The molecule has 3 rings (SSSR count). The summed E-state index contributed by atoms with van der Waals surface area (Å²) in [5.41, 5.74) is 3.76. The Labute approximate surface area is 129 Å². The Morgan fingerprint density at radius 2 is 2.14 bits per heavy atom. The van der Waals surface area contributed by atoms with Crippen molar-refractivity contribution in [3.8, 4) is 11.5 Å². The Bertz CT molecular complexity index is 631. The van der Waals surface area contributed by atoms with Crippen molar-refractivity contribution < 1.29 is 4.52 Å². The van der Waals surface area contributed by atoms with Crippen LogP contribution in [0.2, 0.25) is 0 Å². The Kier molecular flexibility index (Phi) is 4.04. The van der Waals surface area contributed by atoms with E-state index in [0.29, 0.717) is 5.89 Å². The average molecular weight is 303 g/mol. The predicted octanol–water partition coefficient (Wildman–Crippen LogP) is 3.41. The third-order valence-corrected chi connectivity index (χ3v) is 4.71. The topological polar surface area (TPSA) is 51.0 Å². The van der Waals surface area contributed by atoms with Crippen molar-refractivity contribution in [3.63, 3.8) is 0 Å². The van der Waals surface area contributed by atoms with Crippen molar-refractivity contribution in [3.05, 3.63) is 35.2 Å². The molecule has 0 bridgehead atoms. The van der Waals surface area contributed by atoms with Gasteiger partial charge in [-0.2, -0.15) is 4.98 Å². The second-order valence-corrected chi connectivity index (χ2v) is 8.13. The number of hydrogen-bond acceptors (Lipinski definition) is 5. The molecular formula is C16H21N3OS. The van der Waals surface area contributed by atoms with Gasteiger partial charge in [-0.1, -0.05) is 32.0 Å². The van der Waals surface area contributed by atoms with E-state index < -0.39 is 0 Å². The van der Waals surface area contributed by atoms with Crippen LogP contribution >= 0.6 is 11.8 Å².